The second-order valence-corrected chi connectivity index (χ2v) is 8.91. The molecule has 168 valence electrons. The molecule has 1 N–H and O–H groups in total. The lowest BCUT2D eigenvalue weighted by atomic mass is 10.0. The highest BCUT2D eigenvalue weighted by Gasteiger charge is 2.31. The average molecular weight is 514 g/mol. The number of nitrogens with zero attached hydrogens (tertiary/aromatic N) is 1. The number of anilines is 1. The van der Waals surface area contributed by atoms with Crippen molar-refractivity contribution in [2.24, 2.45) is 0 Å². The van der Waals surface area contributed by atoms with Crippen LogP contribution in [0.3, 0.4) is 0 Å². The first-order valence-corrected chi connectivity index (χ1v) is 11.6. The molecule has 1 amide bonds. The molecule has 0 saturated heterocycles. The Morgan fingerprint density at radius 2 is 1.79 bits per heavy atom. The molecule has 2 aliphatic rings. The molecule has 5 nitrogen and oxygen atoms in total. The Morgan fingerprint density at radius 3 is 2.47 bits per heavy atom. The molecule has 34 heavy (non-hydrogen) atoms. The van der Waals surface area contributed by atoms with Crippen molar-refractivity contribution in [1.29, 1.82) is 0 Å². The van der Waals surface area contributed by atoms with Gasteiger partial charge >= 0.3 is 5.97 Å². The molecule has 0 unspecified atom stereocenters. The van der Waals surface area contributed by atoms with Crippen molar-refractivity contribution < 1.29 is 19.1 Å². The fourth-order valence-electron chi connectivity index (χ4n) is 4.03. The molecular weight excluding hydrogens is 494 g/mol. The van der Waals surface area contributed by atoms with Crippen molar-refractivity contribution in [3.63, 3.8) is 0 Å². The van der Waals surface area contributed by atoms with Crippen LogP contribution in [-0.2, 0) is 4.79 Å². The largest absolute Gasteiger partial charge is 0.478 e. The number of furan rings is 1. The van der Waals surface area contributed by atoms with Gasteiger partial charge in [0.1, 0.15) is 11.5 Å². The Morgan fingerprint density at radius 1 is 1.03 bits per heavy atom. The fraction of sp³-hybridized carbons (Fsp3) is 0.0714. The van der Waals surface area contributed by atoms with Gasteiger partial charge in [-0.05, 0) is 79.1 Å². The zero-order chi connectivity index (χ0) is 23.7. The Bertz CT molecular complexity index is 1390. The van der Waals surface area contributed by atoms with Crippen LogP contribution in [0.1, 0.15) is 29.0 Å². The Hall–Kier alpha value is -3.90. The summed E-state index contributed by atoms with van der Waals surface area (Å²) in [6.07, 6.45) is 11.4. The fourth-order valence-corrected chi connectivity index (χ4v) is 4.29. The summed E-state index contributed by atoms with van der Waals surface area (Å²) in [7, 11) is 0. The van der Waals surface area contributed by atoms with E-state index in [0.717, 1.165) is 39.9 Å². The van der Waals surface area contributed by atoms with Crippen molar-refractivity contribution in [1.82, 2.24) is 0 Å². The summed E-state index contributed by atoms with van der Waals surface area (Å²) in [6, 6.07) is 17.9. The number of benzene rings is 2. The third kappa shape index (κ3) is 4.32. The molecule has 2 aromatic carbocycles. The quantitative estimate of drug-likeness (QED) is 0.373. The molecule has 0 fully saturated rings. The molecule has 0 radical (unpaired) electrons. The van der Waals surface area contributed by atoms with E-state index in [1.807, 2.05) is 54.6 Å². The minimum absolute atomic E-state index is 0.174. The van der Waals surface area contributed by atoms with Gasteiger partial charge < -0.3 is 9.52 Å². The summed E-state index contributed by atoms with van der Waals surface area (Å²) >= 11 is 3.44. The predicted molar refractivity (Wildman–Crippen MR) is 135 cm³/mol. The van der Waals surface area contributed by atoms with E-state index >= 15 is 0 Å². The summed E-state index contributed by atoms with van der Waals surface area (Å²) < 4.78 is 6.99. The molecule has 1 aromatic heterocycles. The van der Waals surface area contributed by atoms with Crippen LogP contribution in [0.5, 0.6) is 0 Å². The number of amides is 1. The summed E-state index contributed by atoms with van der Waals surface area (Å²) in [4.78, 5) is 26.4. The first-order chi connectivity index (χ1) is 16.5. The maximum absolute atomic E-state index is 13.5. The summed E-state index contributed by atoms with van der Waals surface area (Å²) in [6.45, 7) is 0. The van der Waals surface area contributed by atoms with Crippen molar-refractivity contribution in [3.8, 4) is 11.3 Å². The number of carbonyl (C=O) groups is 2. The number of hydrogen-bond donors (Lipinski definition) is 1. The van der Waals surface area contributed by atoms with Crippen LogP contribution in [0.2, 0.25) is 0 Å². The minimum Gasteiger partial charge on any atom is -0.478 e. The number of carboxylic acids is 1. The first kappa shape index (κ1) is 21.9. The van der Waals surface area contributed by atoms with E-state index in [1.54, 1.807) is 23.1 Å². The second kappa shape index (κ2) is 9.15. The van der Waals surface area contributed by atoms with Crippen LogP contribution < -0.4 is 4.90 Å². The molecular formula is C28H20BrNO4. The Balaban J connectivity index is 1.51. The van der Waals surface area contributed by atoms with E-state index in [0.29, 0.717) is 17.0 Å². The molecule has 1 aliphatic carbocycles. The van der Waals surface area contributed by atoms with Crippen molar-refractivity contribution in [3.05, 3.63) is 118 Å². The van der Waals surface area contributed by atoms with E-state index in [2.05, 4.69) is 22.0 Å². The van der Waals surface area contributed by atoms with E-state index in [1.165, 1.54) is 12.1 Å². The molecule has 2 heterocycles. The lowest BCUT2D eigenvalue weighted by Gasteiger charge is -2.23. The molecule has 0 bridgehead atoms. The van der Waals surface area contributed by atoms with Gasteiger partial charge in [-0.3, -0.25) is 9.69 Å². The lowest BCUT2D eigenvalue weighted by Crippen LogP contribution is -2.26. The lowest BCUT2D eigenvalue weighted by molar-refractivity contribution is -0.113. The van der Waals surface area contributed by atoms with Gasteiger partial charge in [-0.2, -0.15) is 0 Å². The van der Waals surface area contributed by atoms with Gasteiger partial charge in [0.05, 0.1) is 11.3 Å². The highest BCUT2D eigenvalue weighted by molar-refractivity contribution is 9.10. The van der Waals surface area contributed by atoms with Crippen LogP contribution in [0.25, 0.3) is 17.4 Å². The Kier molecular flexibility index (Phi) is 5.90. The molecule has 3 aromatic rings. The summed E-state index contributed by atoms with van der Waals surface area (Å²) in [5, 5.41) is 9.22. The van der Waals surface area contributed by atoms with Crippen LogP contribution in [0, 0.1) is 0 Å². The zero-order valence-electron chi connectivity index (χ0n) is 18.1. The maximum Gasteiger partial charge on any atom is 0.335 e. The van der Waals surface area contributed by atoms with Crippen LogP contribution in [-0.4, -0.2) is 17.0 Å². The average Bonchev–Trinajstić information content (AvgIpc) is 3.45. The smallest absolute Gasteiger partial charge is 0.335 e. The number of carbonyl (C=O) groups excluding carboxylic acids is 1. The number of aromatic carboxylic acids is 1. The zero-order valence-corrected chi connectivity index (χ0v) is 19.7. The van der Waals surface area contributed by atoms with E-state index in [-0.39, 0.29) is 11.5 Å². The number of hydrogen-bond acceptors (Lipinski definition) is 3. The molecule has 1 aliphatic heterocycles. The van der Waals surface area contributed by atoms with Gasteiger partial charge in [-0.15, -0.1) is 0 Å². The SMILES string of the molecule is O=C(O)c1ccc(N2C(=O)/C(=C\c3ccc(-c4ccc(Br)cc4)o3)C=C2C2=CC=CCC2)cc1. The predicted octanol–water partition coefficient (Wildman–Crippen LogP) is 7.00. The van der Waals surface area contributed by atoms with E-state index in [9.17, 15) is 14.7 Å². The van der Waals surface area contributed by atoms with Crippen LogP contribution in [0.15, 0.2) is 111 Å². The van der Waals surface area contributed by atoms with Crippen molar-refractivity contribution >= 4 is 39.6 Å². The maximum atomic E-state index is 13.5. The summed E-state index contributed by atoms with van der Waals surface area (Å²) in [5.41, 5.74) is 4.09. The third-order valence-electron chi connectivity index (χ3n) is 5.75. The van der Waals surface area contributed by atoms with E-state index < -0.39 is 5.97 Å². The molecule has 0 atom stereocenters. The number of carboxylic acid groups (broad SMARTS) is 1. The second-order valence-electron chi connectivity index (χ2n) is 7.99. The monoisotopic (exact) mass is 513 g/mol. The first-order valence-electron chi connectivity index (χ1n) is 10.8. The molecule has 0 spiro atoms. The molecule has 6 heteroatoms. The van der Waals surface area contributed by atoms with Gasteiger partial charge in [-0.25, -0.2) is 4.79 Å². The van der Waals surface area contributed by atoms with Crippen molar-refractivity contribution in [2.45, 2.75) is 12.8 Å². The minimum atomic E-state index is -1.00. The Labute approximate surface area is 205 Å². The van der Waals surface area contributed by atoms with Crippen LogP contribution >= 0.6 is 15.9 Å². The normalized spacial score (nSPS) is 16.7. The standard InChI is InChI=1S/C28H20BrNO4/c29-22-10-6-19(7-11-22)26-15-14-24(34-26)16-21-17-25(18-4-2-1-3-5-18)30(27(21)31)23-12-8-20(9-13-23)28(32)33/h1-2,4,6-17H,3,5H2,(H,32,33)/b21-16-. The van der Waals surface area contributed by atoms with Gasteiger partial charge in [-0.1, -0.05) is 46.3 Å². The summed E-state index contributed by atoms with van der Waals surface area (Å²) in [5.74, 6) is 0.109. The highest BCUT2D eigenvalue weighted by Crippen LogP contribution is 2.36. The van der Waals surface area contributed by atoms with Crippen molar-refractivity contribution in [2.75, 3.05) is 4.90 Å². The topological polar surface area (TPSA) is 70.8 Å². The number of rotatable bonds is 5. The molecule has 0 saturated carbocycles. The van der Waals surface area contributed by atoms with E-state index in [4.69, 9.17) is 4.42 Å². The van der Waals surface area contributed by atoms with Gasteiger partial charge in [0, 0.05) is 21.3 Å². The van der Waals surface area contributed by atoms with Gasteiger partial charge in [0.2, 0.25) is 0 Å². The number of halogens is 1. The third-order valence-corrected chi connectivity index (χ3v) is 6.28. The van der Waals surface area contributed by atoms with Gasteiger partial charge in [0.25, 0.3) is 5.91 Å². The van der Waals surface area contributed by atoms with Crippen LogP contribution in [0.4, 0.5) is 5.69 Å². The van der Waals surface area contributed by atoms with Gasteiger partial charge in [0.15, 0.2) is 0 Å². The highest BCUT2D eigenvalue weighted by atomic mass is 79.9. The number of allylic oxidation sites excluding steroid dienone is 4. The molecule has 5 rings (SSSR count).